The Morgan fingerprint density at radius 1 is 1.11 bits per heavy atom. The van der Waals surface area contributed by atoms with Gasteiger partial charge < -0.3 is 14.2 Å². The number of carbonyl (C=O) groups excluding carboxylic acids is 3. The number of nitro groups is 1. The minimum atomic E-state index is -5.97. The van der Waals surface area contributed by atoms with Gasteiger partial charge in [0, 0.05) is 19.1 Å². The van der Waals surface area contributed by atoms with Crippen molar-refractivity contribution >= 4 is 56.3 Å². The average Bonchev–Trinajstić information content (AvgIpc) is 2.73. The van der Waals surface area contributed by atoms with E-state index in [0.717, 1.165) is 19.1 Å². The van der Waals surface area contributed by atoms with Crippen LogP contribution in [0.5, 0.6) is 11.5 Å². The number of nitrogens with zero attached hydrogens (tertiary/aromatic N) is 1. The fourth-order valence-corrected chi connectivity index (χ4v) is 3.35. The number of nitro benzene ring substituents is 1. The molecular formula is C19H14F2INO11S. The van der Waals surface area contributed by atoms with Crippen molar-refractivity contribution < 1.29 is 55.3 Å². The van der Waals surface area contributed by atoms with Gasteiger partial charge in [-0.15, -0.1) is 0 Å². The number of rotatable bonds is 8. The number of benzene rings is 2. The Kier molecular flexibility index (Phi) is 8.45. The largest absolute Gasteiger partial charge is 0.451 e. The van der Waals surface area contributed by atoms with E-state index >= 15 is 0 Å². The Hall–Kier alpha value is -3.25. The van der Waals surface area contributed by atoms with Crippen LogP contribution in [0, 0.1) is 13.7 Å². The predicted molar refractivity (Wildman–Crippen MR) is 120 cm³/mol. The fraction of sp³-hybridized carbons (Fsp3) is 0.211. The van der Waals surface area contributed by atoms with E-state index in [9.17, 15) is 41.7 Å². The molecule has 0 spiro atoms. The summed E-state index contributed by atoms with van der Waals surface area (Å²) >= 11 is 1.85. The maximum absolute atomic E-state index is 13.7. The molecule has 0 aliphatic heterocycles. The molecular weight excluding hydrogens is 615 g/mol. The molecule has 2 rings (SSSR count). The molecule has 1 N–H and O–H groups in total. The molecule has 0 radical (unpaired) electrons. The Morgan fingerprint density at radius 3 is 2.29 bits per heavy atom. The van der Waals surface area contributed by atoms with Gasteiger partial charge >= 0.3 is 33.3 Å². The smallest absolute Gasteiger partial charge is 0.405 e. The van der Waals surface area contributed by atoms with Crippen molar-refractivity contribution in [3.63, 3.8) is 0 Å². The van der Waals surface area contributed by atoms with Crippen molar-refractivity contribution in [2.75, 3.05) is 0 Å². The summed E-state index contributed by atoms with van der Waals surface area (Å²) in [6, 6.07) is 6.24. The first-order valence-corrected chi connectivity index (χ1v) is 11.6. The van der Waals surface area contributed by atoms with Gasteiger partial charge in [-0.1, -0.05) is 0 Å². The number of carbonyl (C=O) groups is 3. The number of alkyl halides is 2. The lowest BCUT2D eigenvalue weighted by Crippen LogP contribution is -2.42. The first kappa shape index (κ1) is 28.0. The molecule has 0 saturated heterocycles. The summed E-state index contributed by atoms with van der Waals surface area (Å²) in [4.78, 5) is 46.2. The highest BCUT2D eigenvalue weighted by Crippen LogP contribution is 2.31. The van der Waals surface area contributed by atoms with Gasteiger partial charge in [-0.25, -0.2) is 9.59 Å². The lowest BCUT2D eigenvalue weighted by atomic mass is 10.1. The van der Waals surface area contributed by atoms with E-state index in [-0.39, 0.29) is 11.3 Å². The standard InChI is InChI=1S/C19H14F2INO11S/c1-9(19(20,21)35(29,30)31)32-18(26)13-8-12(4-6-15(13)23(27)28)34-17(25)11-3-5-14(22)16(7-11)33-10(2)24/h3-9H,1-2H3,(H,29,30,31). The van der Waals surface area contributed by atoms with Crippen LogP contribution in [0.25, 0.3) is 0 Å². The zero-order valence-electron chi connectivity index (χ0n) is 17.6. The molecule has 1 atom stereocenters. The van der Waals surface area contributed by atoms with Gasteiger partial charge in [-0.3, -0.25) is 19.5 Å². The molecule has 1 unspecified atom stereocenters. The zero-order valence-corrected chi connectivity index (χ0v) is 20.5. The van der Waals surface area contributed by atoms with Gasteiger partial charge in [0.05, 0.1) is 14.1 Å². The van der Waals surface area contributed by atoms with E-state index in [1.807, 2.05) is 22.6 Å². The Morgan fingerprint density at radius 2 is 1.74 bits per heavy atom. The highest BCUT2D eigenvalue weighted by atomic mass is 127. The van der Waals surface area contributed by atoms with Crippen LogP contribution in [0.4, 0.5) is 14.5 Å². The summed E-state index contributed by atoms with van der Waals surface area (Å²) in [6.45, 7) is 1.59. The summed E-state index contributed by atoms with van der Waals surface area (Å²) in [6.07, 6.45) is -2.73. The second-order valence-corrected chi connectivity index (χ2v) is 9.31. The third-order valence-electron chi connectivity index (χ3n) is 4.12. The van der Waals surface area contributed by atoms with Crippen molar-refractivity contribution in [3.8, 4) is 11.5 Å². The highest BCUT2D eigenvalue weighted by molar-refractivity contribution is 14.1. The van der Waals surface area contributed by atoms with Crippen molar-refractivity contribution in [1.29, 1.82) is 0 Å². The molecule has 0 aliphatic rings. The van der Waals surface area contributed by atoms with Crippen LogP contribution in [0.3, 0.4) is 0 Å². The second kappa shape index (κ2) is 10.6. The molecule has 188 valence electrons. The first-order chi connectivity index (χ1) is 16.0. The van der Waals surface area contributed by atoms with Crippen molar-refractivity contribution in [1.82, 2.24) is 0 Å². The van der Waals surface area contributed by atoms with E-state index < -0.39 is 61.3 Å². The summed E-state index contributed by atoms with van der Waals surface area (Å²) in [5.41, 5.74) is -1.98. The maximum Gasteiger partial charge on any atom is 0.405 e. The number of hydrogen-bond acceptors (Lipinski definition) is 10. The van der Waals surface area contributed by atoms with Crippen LogP contribution in [0.15, 0.2) is 36.4 Å². The number of esters is 3. The van der Waals surface area contributed by atoms with Crippen molar-refractivity contribution in [2.24, 2.45) is 0 Å². The third-order valence-corrected chi connectivity index (χ3v) is 6.03. The molecule has 0 aromatic heterocycles. The first-order valence-electron chi connectivity index (χ1n) is 9.09. The minimum Gasteiger partial charge on any atom is -0.451 e. The molecule has 0 amide bonds. The van der Waals surface area contributed by atoms with E-state index in [2.05, 4.69) is 4.74 Å². The van der Waals surface area contributed by atoms with E-state index in [1.54, 1.807) is 0 Å². The lowest BCUT2D eigenvalue weighted by Gasteiger charge is -2.20. The normalized spacial score (nSPS) is 12.4. The molecule has 0 heterocycles. The van der Waals surface area contributed by atoms with Gasteiger partial charge in [-0.2, -0.15) is 17.2 Å². The second-order valence-electron chi connectivity index (χ2n) is 6.65. The molecule has 16 heteroatoms. The molecule has 12 nitrogen and oxygen atoms in total. The van der Waals surface area contributed by atoms with Gasteiger partial charge in [0.1, 0.15) is 17.1 Å². The molecule has 2 aromatic rings. The Labute approximate surface area is 209 Å². The minimum absolute atomic E-state index is 0.0502. The fourth-order valence-electron chi connectivity index (χ4n) is 2.43. The van der Waals surface area contributed by atoms with E-state index in [4.69, 9.17) is 14.0 Å². The van der Waals surface area contributed by atoms with Crippen LogP contribution < -0.4 is 9.47 Å². The van der Waals surface area contributed by atoms with Gasteiger partial charge in [0.2, 0.25) is 0 Å². The van der Waals surface area contributed by atoms with Crippen LogP contribution in [0.2, 0.25) is 0 Å². The number of hydrogen-bond donors (Lipinski definition) is 1. The molecule has 0 aliphatic carbocycles. The zero-order chi connectivity index (χ0) is 26.7. The topological polar surface area (TPSA) is 176 Å². The van der Waals surface area contributed by atoms with Crippen LogP contribution >= 0.6 is 22.6 Å². The quantitative estimate of drug-likeness (QED) is 0.113. The van der Waals surface area contributed by atoms with Gasteiger partial charge in [0.25, 0.3) is 5.69 Å². The molecule has 2 aromatic carbocycles. The summed E-state index contributed by atoms with van der Waals surface area (Å²) in [5, 5.41) is 6.33. The summed E-state index contributed by atoms with van der Waals surface area (Å²) in [5.74, 6) is -3.82. The monoisotopic (exact) mass is 629 g/mol. The van der Waals surface area contributed by atoms with Crippen molar-refractivity contribution in [3.05, 3.63) is 61.2 Å². The summed E-state index contributed by atoms with van der Waals surface area (Å²) in [7, 11) is -5.97. The molecule has 0 bridgehead atoms. The van der Waals surface area contributed by atoms with Crippen LogP contribution in [0.1, 0.15) is 34.6 Å². The Bertz CT molecular complexity index is 1310. The third kappa shape index (κ3) is 6.67. The van der Waals surface area contributed by atoms with Crippen molar-refractivity contribution in [2.45, 2.75) is 25.2 Å². The number of ether oxygens (including phenoxy) is 3. The average molecular weight is 629 g/mol. The summed E-state index contributed by atoms with van der Waals surface area (Å²) < 4.78 is 72.4. The van der Waals surface area contributed by atoms with Crippen LogP contribution in [-0.4, -0.2) is 47.2 Å². The predicted octanol–water partition coefficient (Wildman–Crippen LogP) is 3.37. The molecule has 0 saturated carbocycles. The Balaban J connectivity index is 2.35. The van der Waals surface area contributed by atoms with Gasteiger partial charge in [0.15, 0.2) is 6.10 Å². The lowest BCUT2D eigenvalue weighted by molar-refractivity contribution is -0.385. The maximum atomic E-state index is 13.7. The molecule has 35 heavy (non-hydrogen) atoms. The van der Waals surface area contributed by atoms with E-state index in [1.165, 1.54) is 18.2 Å². The van der Waals surface area contributed by atoms with Gasteiger partial charge in [-0.05, 0) is 53.8 Å². The number of halogens is 3. The molecule has 0 fully saturated rings. The van der Waals surface area contributed by atoms with E-state index in [0.29, 0.717) is 16.6 Å². The highest BCUT2D eigenvalue weighted by Gasteiger charge is 2.52. The SMILES string of the molecule is CC(=O)Oc1cc(C(=O)Oc2ccc([N+](=O)[O-])c(C(=O)OC(C)C(F)(F)S(=O)(=O)O)c2)ccc1I. The van der Waals surface area contributed by atoms with Crippen LogP contribution in [-0.2, 0) is 19.6 Å².